The van der Waals surface area contributed by atoms with Crippen LogP contribution in [0.25, 0.3) is 0 Å². The van der Waals surface area contributed by atoms with Gasteiger partial charge in [-0.2, -0.15) is 0 Å². The molecule has 0 radical (unpaired) electrons. The number of benzene rings is 2. The van der Waals surface area contributed by atoms with Gasteiger partial charge in [-0.3, -0.25) is 9.10 Å². The molecule has 0 saturated carbocycles. The van der Waals surface area contributed by atoms with Crippen molar-refractivity contribution in [2.45, 2.75) is 19.5 Å². The zero-order chi connectivity index (χ0) is 21.1. The number of ether oxygens (including phenoxy) is 1. The van der Waals surface area contributed by atoms with Crippen LogP contribution in [0, 0.1) is 0 Å². The number of anilines is 1. The Hall–Kier alpha value is -1.96. The van der Waals surface area contributed by atoms with E-state index < -0.39 is 16.1 Å². The molecular formula is C19H22Cl2N2O4S. The van der Waals surface area contributed by atoms with E-state index in [9.17, 15) is 13.2 Å². The molecule has 2 aromatic carbocycles. The summed E-state index contributed by atoms with van der Waals surface area (Å²) in [4.78, 5) is 14.4. The maximum atomic E-state index is 12.9. The average molecular weight is 445 g/mol. The van der Waals surface area contributed by atoms with Crippen LogP contribution in [-0.4, -0.2) is 45.7 Å². The number of likely N-dealkylation sites (N-methyl/N-ethyl adjacent to an activating group) is 1. The predicted octanol–water partition coefficient (Wildman–Crippen LogP) is 3.82. The molecule has 0 aliphatic rings. The largest absolute Gasteiger partial charge is 0.497 e. The topological polar surface area (TPSA) is 66.9 Å². The van der Waals surface area contributed by atoms with Crippen molar-refractivity contribution in [2.75, 3.05) is 24.7 Å². The lowest BCUT2D eigenvalue weighted by Crippen LogP contribution is -2.48. The summed E-state index contributed by atoms with van der Waals surface area (Å²) in [5, 5.41) is 0.560. The van der Waals surface area contributed by atoms with Gasteiger partial charge < -0.3 is 9.64 Å². The van der Waals surface area contributed by atoms with Gasteiger partial charge in [0.25, 0.3) is 0 Å². The van der Waals surface area contributed by atoms with Crippen LogP contribution in [0.4, 0.5) is 5.69 Å². The summed E-state index contributed by atoms with van der Waals surface area (Å²) in [6.45, 7) is 1.85. The molecule has 0 aliphatic carbocycles. The van der Waals surface area contributed by atoms with Gasteiger partial charge in [-0.05, 0) is 42.8 Å². The van der Waals surface area contributed by atoms with Crippen molar-refractivity contribution in [2.24, 2.45) is 0 Å². The Balaban J connectivity index is 2.27. The highest BCUT2D eigenvalue weighted by atomic mass is 35.5. The Bertz CT molecular complexity index is 929. The molecule has 2 rings (SSSR count). The van der Waals surface area contributed by atoms with E-state index in [1.165, 1.54) is 30.0 Å². The number of carbonyl (C=O) groups is 1. The monoisotopic (exact) mass is 444 g/mol. The van der Waals surface area contributed by atoms with Gasteiger partial charge in [0.05, 0.1) is 19.1 Å². The minimum Gasteiger partial charge on any atom is -0.497 e. The number of carbonyl (C=O) groups excluding carboxylic acids is 1. The molecule has 6 nitrogen and oxygen atoms in total. The lowest BCUT2D eigenvalue weighted by atomic mass is 10.2. The highest BCUT2D eigenvalue weighted by Crippen LogP contribution is 2.29. The summed E-state index contributed by atoms with van der Waals surface area (Å²) in [6, 6.07) is 10.7. The van der Waals surface area contributed by atoms with Crippen LogP contribution in [0.3, 0.4) is 0 Å². The minimum atomic E-state index is -3.76. The SMILES string of the molecule is COc1ccc(CN(C)C(=O)C(C)N(c2cc(Cl)cc(Cl)c2)S(C)(=O)=O)cc1. The van der Waals surface area contributed by atoms with E-state index >= 15 is 0 Å². The molecule has 1 unspecified atom stereocenters. The van der Waals surface area contributed by atoms with E-state index in [0.717, 1.165) is 16.1 Å². The predicted molar refractivity (Wildman–Crippen MR) is 113 cm³/mol. The van der Waals surface area contributed by atoms with Crippen molar-refractivity contribution < 1.29 is 17.9 Å². The number of methoxy groups -OCH3 is 1. The summed E-state index contributed by atoms with van der Waals surface area (Å²) in [5.41, 5.74) is 1.12. The third-order valence-electron chi connectivity index (χ3n) is 4.12. The van der Waals surface area contributed by atoms with Crippen molar-refractivity contribution in [3.63, 3.8) is 0 Å². The Morgan fingerprint density at radius 1 is 1.11 bits per heavy atom. The summed E-state index contributed by atoms with van der Waals surface area (Å²) >= 11 is 12.0. The van der Waals surface area contributed by atoms with Gasteiger partial charge in [0.2, 0.25) is 15.9 Å². The van der Waals surface area contributed by atoms with Crippen molar-refractivity contribution in [1.29, 1.82) is 0 Å². The van der Waals surface area contributed by atoms with Gasteiger partial charge in [0.1, 0.15) is 11.8 Å². The Labute approximate surface area is 175 Å². The second kappa shape index (κ2) is 9.03. The zero-order valence-corrected chi connectivity index (χ0v) is 18.3. The van der Waals surface area contributed by atoms with Gasteiger partial charge in [-0.1, -0.05) is 35.3 Å². The number of nitrogens with zero attached hydrogens (tertiary/aromatic N) is 2. The molecule has 0 N–H and O–H groups in total. The maximum Gasteiger partial charge on any atom is 0.246 e. The van der Waals surface area contributed by atoms with Gasteiger partial charge >= 0.3 is 0 Å². The van der Waals surface area contributed by atoms with Crippen LogP contribution < -0.4 is 9.04 Å². The van der Waals surface area contributed by atoms with E-state index in [2.05, 4.69) is 0 Å². The summed E-state index contributed by atoms with van der Waals surface area (Å²) in [7, 11) is -0.562. The van der Waals surface area contributed by atoms with Gasteiger partial charge in [0.15, 0.2) is 0 Å². The molecular weight excluding hydrogens is 423 g/mol. The second-order valence-electron chi connectivity index (χ2n) is 6.40. The van der Waals surface area contributed by atoms with E-state index in [1.54, 1.807) is 26.3 Å². The minimum absolute atomic E-state index is 0.235. The molecule has 9 heteroatoms. The molecule has 0 saturated heterocycles. The first-order chi connectivity index (χ1) is 13.0. The van der Waals surface area contributed by atoms with Crippen LogP contribution in [0.15, 0.2) is 42.5 Å². The molecule has 1 atom stereocenters. The molecule has 1 amide bonds. The number of amides is 1. The number of rotatable bonds is 7. The Morgan fingerprint density at radius 3 is 2.11 bits per heavy atom. The molecule has 152 valence electrons. The molecule has 2 aromatic rings. The first-order valence-electron chi connectivity index (χ1n) is 8.36. The smallest absolute Gasteiger partial charge is 0.246 e. The normalized spacial score (nSPS) is 12.4. The third-order valence-corrected chi connectivity index (χ3v) is 5.80. The zero-order valence-electron chi connectivity index (χ0n) is 16.0. The average Bonchev–Trinajstić information content (AvgIpc) is 2.59. The van der Waals surface area contributed by atoms with Crippen molar-refractivity contribution in [3.05, 3.63) is 58.1 Å². The fourth-order valence-electron chi connectivity index (χ4n) is 2.87. The molecule has 0 aromatic heterocycles. The highest BCUT2D eigenvalue weighted by molar-refractivity contribution is 7.92. The fourth-order valence-corrected chi connectivity index (χ4v) is 4.54. The van der Waals surface area contributed by atoms with E-state index in [4.69, 9.17) is 27.9 Å². The fraction of sp³-hybridized carbons (Fsp3) is 0.316. The van der Waals surface area contributed by atoms with Crippen LogP contribution in [-0.2, 0) is 21.4 Å². The lowest BCUT2D eigenvalue weighted by Gasteiger charge is -2.31. The standard InChI is InChI=1S/C19H22Cl2N2O4S/c1-13(19(24)22(2)12-14-5-7-18(27-3)8-6-14)23(28(4,25)26)17-10-15(20)9-16(21)11-17/h5-11,13H,12H2,1-4H3. The molecule has 28 heavy (non-hydrogen) atoms. The maximum absolute atomic E-state index is 12.9. The summed E-state index contributed by atoms with van der Waals surface area (Å²) in [5.74, 6) is 0.351. The first kappa shape index (κ1) is 22.3. The first-order valence-corrected chi connectivity index (χ1v) is 11.0. The third kappa shape index (κ3) is 5.53. The number of hydrogen-bond donors (Lipinski definition) is 0. The van der Waals surface area contributed by atoms with Crippen molar-refractivity contribution in [3.8, 4) is 5.75 Å². The van der Waals surface area contributed by atoms with Crippen LogP contribution in [0.1, 0.15) is 12.5 Å². The number of hydrogen-bond acceptors (Lipinski definition) is 4. The molecule has 0 bridgehead atoms. The quantitative estimate of drug-likeness (QED) is 0.650. The van der Waals surface area contributed by atoms with E-state index in [1.807, 2.05) is 12.1 Å². The Kier molecular flexibility index (Phi) is 7.20. The Morgan fingerprint density at radius 2 is 1.64 bits per heavy atom. The van der Waals surface area contributed by atoms with Crippen molar-refractivity contribution in [1.82, 2.24) is 4.90 Å². The number of halogens is 2. The van der Waals surface area contributed by atoms with Gasteiger partial charge in [0, 0.05) is 23.6 Å². The summed E-state index contributed by atoms with van der Waals surface area (Å²) in [6.07, 6.45) is 1.04. The van der Waals surface area contributed by atoms with Crippen LogP contribution in [0.2, 0.25) is 10.0 Å². The summed E-state index contributed by atoms with van der Waals surface area (Å²) < 4.78 is 31.0. The van der Waals surface area contributed by atoms with Crippen molar-refractivity contribution >= 4 is 44.8 Å². The molecule has 0 aliphatic heterocycles. The van der Waals surface area contributed by atoms with Gasteiger partial charge in [-0.25, -0.2) is 8.42 Å². The lowest BCUT2D eigenvalue weighted by molar-refractivity contribution is -0.131. The van der Waals surface area contributed by atoms with Crippen LogP contribution in [0.5, 0.6) is 5.75 Å². The van der Waals surface area contributed by atoms with Crippen LogP contribution >= 0.6 is 23.2 Å². The van der Waals surface area contributed by atoms with E-state index in [-0.39, 0.29) is 21.6 Å². The molecule has 0 heterocycles. The second-order valence-corrected chi connectivity index (χ2v) is 9.14. The van der Waals surface area contributed by atoms with E-state index in [0.29, 0.717) is 12.3 Å². The molecule has 0 spiro atoms. The number of sulfonamides is 1. The molecule has 0 fully saturated rings. The highest BCUT2D eigenvalue weighted by Gasteiger charge is 2.31. The van der Waals surface area contributed by atoms with Gasteiger partial charge in [-0.15, -0.1) is 0 Å².